The number of carboxylic acids is 1. The van der Waals surface area contributed by atoms with Gasteiger partial charge in [-0.3, -0.25) is 0 Å². The fourth-order valence-electron chi connectivity index (χ4n) is 0.578. The Bertz CT molecular complexity index is 351. The molecule has 0 aliphatic heterocycles. The summed E-state index contributed by atoms with van der Waals surface area (Å²) in [6.07, 6.45) is 1.12. The first-order valence-corrected chi connectivity index (χ1v) is 3.10. The van der Waals surface area contributed by atoms with Gasteiger partial charge in [0.2, 0.25) is 0 Å². The van der Waals surface area contributed by atoms with Crippen LogP contribution >= 0.6 is 12.2 Å². The number of H-pyrrole nitrogens is 1. The van der Waals surface area contributed by atoms with Gasteiger partial charge in [-0.1, -0.05) is 0 Å². The molecule has 0 fully saturated rings. The van der Waals surface area contributed by atoms with Crippen molar-refractivity contribution in [3.63, 3.8) is 0 Å². The van der Waals surface area contributed by atoms with Crippen molar-refractivity contribution in [2.45, 2.75) is 0 Å². The van der Waals surface area contributed by atoms with Gasteiger partial charge in [0, 0.05) is 35.8 Å². The van der Waals surface area contributed by atoms with Crippen LogP contribution in [0.2, 0.25) is 0 Å². The molecule has 1 aromatic heterocycles. The molecule has 0 saturated heterocycles. The molecule has 0 aromatic carbocycles. The molecule has 0 unspecified atom stereocenters. The average Bonchev–Trinajstić information content (AvgIpc) is 1.85. The molecule has 12 heavy (non-hydrogen) atoms. The van der Waals surface area contributed by atoms with E-state index < -0.39 is 5.97 Å². The fourth-order valence-corrected chi connectivity index (χ4v) is 0.741. The molecule has 5 nitrogen and oxygen atoms in total. The summed E-state index contributed by atoms with van der Waals surface area (Å²) in [6, 6.07) is 0. The van der Waals surface area contributed by atoms with E-state index in [1.165, 1.54) is 0 Å². The molecule has 0 bridgehead atoms. The number of carbonyl (C=O) groups is 1. The summed E-state index contributed by atoms with van der Waals surface area (Å²) in [5.41, 5.74) is 5.21. The quantitative estimate of drug-likeness (QED) is 0.433. The maximum absolute atomic E-state index is 10.4. The van der Waals surface area contributed by atoms with Gasteiger partial charge < -0.3 is 15.8 Å². The van der Waals surface area contributed by atoms with E-state index in [0.717, 1.165) is 6.20 Å². The maximum atomic E-state index is 10.4. The molecule has 1 heterocycles. The first kappa shape index (κ1) is 11.6. The topological polar surface area (TPSA) is 92.0 Å². The fraction of sp³-hybridized carbons (Fsp3) is 0. The van der Waals surface area contributed by atoms with Crippen LogP contribution in [-0.4, -0.2) is 50.6 Å². The Morgan fingerprint density at radius 2 is 2.33 bits per heavy atom. The second kappa shape index (κ2) is 4.56. The zero-order valence-corrected chi connectivity index (χ0v) is 9.18. The molecule has 1 radical (unpaired) electrons. The predicted molar refractivity (Wildman–Crippen MR) is 46.5 cm³/mol. The van der Waals surface area contributed by atoms with Gasteiger partial charge in [0.1, 0.15) is 11.4 Å². The van der Waals surface area contributed by atoms with Crippen LogP contribution in [0.1, 0.15) is 10.4 Å². The zero-order chi connectivity index (χ0) is 8.43. The third-order valence-corrected chi connectivity index (χ3v) is 1.28. The molecule has 0 spiro atoms. The van der Waals surface area contributed by atoms with Crippen LogP contribution in [0.4, 0.5) is 5.82 Å². The Hall–Kier alpha value is -0.430. The number of nitrogens with one attached hydrogen (secondary N) is 1. The number of nitrogens with zero attached hydrogens (tertiary/aromatic N) is 1. The van der Waals surface area contributed by atoms with Crippen LogP contribution in [0.25, 0.3) is 0 Å². The molecule has 4 N–H and O–H groups in total. The minimum atomic E-state index is -1.12. The predicted octanol–water partition coefficient (Wildman–Crippen LogP) is 0.0388. The van der Waals surface area contributed by atoms with Crippen molar-refractivity contribution in [3.8, 4) is 0 Å². The Kier molecular flexibility index (Phi) is 4.40. The van der Waals surface area contributed by atoms with Crippen molar-refractivity contribution in [1.82, 2.24) is 9.97 Å². The van der Waals surface area contributed by atoms with E-state index in [9.17, 15) is 4.79 Å². The third-order valence-electron chi connectivity index (χ3n) is 1.07. The summed E-state index contributed by atoms with van der Waals surface area (Å²) < 4.78 is 0.174. The number of rotatable bonds is 1. The van der Waals surface area contributed by atoms with Crippen LogP contribution in [0.5, 0.6) is 0 Å². The average molecular weight is 194 g/mol. The number of hydrogen-bond acceptors (Lipinski definition) is 4. The van der Waals surface area contributed by atoms with E-state index in [4.69, 9.17) is 10.8 Å². The van der Waals surface area contributed by atoms with Gasteiger partial charge in [-0.25, -0.2) is 9.78 Å². The number of carboxylic acid groups (broad SMARTS) is 1. The van der Waals surface area contributed by atoms with Gasteiger partial charge >= 0.3 is 5.97 Å². The Morgan fingerprint density at radius 3 is 2.75 bits per heavy atom. The summed E-state index contributed by atoms with van der Waals surface area (Å²) in [7, 11) is 0. The van der Waals surface area contributed by atoms with E-state index in [-0.39, 0.29) is 45.7 Å². The van der Waals surface area contributed by atoms with E-state index in [1.807, 2.05) is 0 Å². The van der Waals surface area contributed by atoms with Gasteiger partial charge in [-0.2, -0.15) is 0 Å². The van der Waals surface area contributed by atoms with Crippen molar-refractivity contribution < 1.29 is 9.90 Å². The molecule has 0 saturated carbocycles. The maximum Gasteiger partial charge on any atom is 0.340 e. The summed E-state index contributed by atoms with van der Waals surface area (Å²) in [5.74, 6) is -1.10. The van der Waals surface area contributed by atoms with Crippen LogP contribution in [-0.2, 0) is 0 Å². The van der Waals surface area contributed by atoms with Crippen molar-refractivity contribution in [2.75, 3.05) is 5.73 Å². The molecule has 0 aliphatic carbocycles. The van der Waals surface area contributed by atoms with Crippen LogP contribution < -0.4 is 5.73 Å². The van der Waals surface area contributed by atoms with Gasteiger partial charge in [0.25, 0.3) is 0 Å². The van der Waals surface area contributed by atoms with Crippen molar-refractivity contribution in [3.05, 3.63) is 16.5 Å². The van der Waals surface area contributed by atoms with Gasteiger partial charge in [-0.05, 0) is 12.2 Å². The third kappa shape index (κ3) is 2.56. The minimum Gasteiger partial charge on any atom is -0.478 e. The first-order valence-electron chi connectivity index (χ1n) is 2.69. The monoisotopic (exact) mass is 194 g/mol. The standard InChI is InChI=1S/C5H5N3O2S.Na/c6-3-2(4(9)10)1-7-5(11)8-3;/h1H,(H,9,10)(H3,6,7,8,11);. The number of anilines is 1. The van der Waals surface area contributed by atoms with E-state index in [2.05, 4.69) is 22.2 Å². The van der Waals surface area contributed by atoms with Gasteiger partial charge in [0.05, 0.1) is 0 Å². The Balaban J connectivity index is 0.00000121. The largest absolute Gasteiger partial charge is 0.478 e. The Labute approximate surface area is 95.3 Å². The van der Waals surface area contributed by atoms with Crippen LogP contribution in [0.3, 0.4) is 0 Å². The molecular formula is C5H5N3NaO2S. The summed E-state index contributed by atoms with van der Waals surface area (Å²) >= 11 is 4.61. The molecule has 1 rings (SSSR count). The van der Waals surface area contributed by atoms with Gasteiger partial charge in [0.15, 0.2) is 4.77 Å². The Morgan fingerprint density at radius 1 is 1.75 bits per heavy atom. The smallest absolute Gasteiger partial charge is 0.340 e. The van der Waals surface area contributed by atoms with Crippen LogP contribution in [0, 0.1) is 4.77 Å². The molecule has 0 atom stereocenters. The number of aromatic amines is 1. The number of nitrogens with two attached hydrogens (primary N) is 1. The molecule has 0 aliphatic rings. The van der Waals surface area contributed by atoms with E-state index in [0.29, 0.717) is 0 Å². The normalized spacial score (nSPS) is 8.67. The molecule has 59 valence electrons. The minimum absolute atomic E-state index is 0. The zero-order valence-electron chi connectivity index (χ0n) is 6.37. The molecule has 7 heteroatoms. The first-order chi connectivity index (χ1) is 5.11. The van der Waals surface area contributed by atoms with Crippen molar-refractivity contribution in [2.24, 2.45) is 0 Å². The second-order valence-corrected chi connectivity index (χ2v) is 2.21. The van der Waals surface area contributed by atoms with Crippen LogP contribution in [0.15, 0.2) is 6.20 Å². The molecular weight excluding hydrogens is 189 g/mol. The van der Waals surface area contributed by atoms with E-state index >= 15 is 0 Å². The number of nitrogen functional groups attached to an aromatic ring is 1. The van der Waals surface area contributed by atoms with Crippen molar-refractivity contribution >= 4 is 53.6 Å². The van der Waals surface area contributed by atoms with Gasteiger partial charge in [-0.15, -0.1) is 0 Å². The second-order valence-electron chi connectivity index (χ2n) is 1.82. The molecule has 0 amide bonds. The summed E-state index contributed by atoms with van der Waals surface area (Å²) in [6.45, 7) is 0. The summed E-state index contributed by atoms with van der Waals surface area (Å²) in [4.78, 5) is 16.3. The molecule has 1 aromatic rings. The number of aromatic nitrogens is 2. The number of aromatic carboxylic acids is 1. The number of hydrogen-bond donors (Lipinski definition) is 3. The van der Waals surface area contributed by atoms with Crippen molar-refractivity contribution in [1.29, 1.82) is 0 Å². The van der Waals surface area contributed by atoms with E-state index in [1.54, 1.807) is 0 Å². The SMILES string of the molecule is Nc1[nH]c(=S)ncc1C(=O)O.[Na]. The summed E-state index contributed by atoms with van der Waals surface area (Å²) in [5, 5.41) is 8.48.